The standard InChI is InChI=1S/C22H26N6O/c1-16(2)29-20-11-7-17(8-12-20)24-21-15-23-27-22(26-21)25-18-5-9-19(10-6-18)28-13-3-4-14-28/h5-12,15-16H,3-4,13-14H2,1-2H3,(H2,24,25,26,27). The first-order valence-corrected chi connectivity index (χ1v) is 10.0. The van der Waals surface area contributed by atoms with Crippen LogP contribution in [0, 0.1) is 0 Å². The van der Waals surface area contributed by atoms with Crippen molar-refractivity contribution in [2.45, 2.75) is 32.8 Å². The first kappa shape index (κ1) is 19.0. The molecule has 29 heavy (non-hydrogen) atoms. The van der Waals surface area contributed by atoms with E-state index in [9.17, 15) is 0 Å². The van der Waals surface area contributed by atoms with E-state index < -0.39 is 0 Å². The van der Waals surface area contributed by atoms with Crippen LogP contribution >= 0.6 is 0 Å². The van der Waals surface area contributed by atoms with Gasteiger partial charge in [-0.1, -0.05) is 0 Å². The number of aromatic nitrogens is 3. The number of nitrogens with one attached hydrogen (secondary N) is 2. The molecular weight excluding hydrogens is 364 g/mol. The minimum absolute atomic E-state index is 0.151. The van der Waals surface area contributed by atoms with Crippen LogP contribution in [0.4, 0.5) is 28.8 Å². The molecule has 1 aliphatic rings. The molecule has 0 unspecified atom stereocenters. The van der Waals surface area contributed by atoms with E-state index in [1.807, 2.05) is 50.2 Å². The van der Waals surface area contributed by atoms with Gasteiger partial charge in [0.25, 0.3) is 0 Å². The summed E-state index contributed by atoms with van der Waals surface area (Å²) in [6.07, 6.45) is 4.29. The van der Waals surface area contributed by atoms with Gasteiger partial charge in [-0.2, -0.15) is 10.1 Å². The Bertz CT molecular complexity index is 921. The van der Waals surface area contributed by atoms with Gasteiger partial charge in [0.15, 0.2) is 5.82 Å². The maximum atomic E-state index is 5.67. The fourth-order valence-corrected chi connectivity index (χ4v) is 3.31. The molecule has 1 aliphatic heterocycles. The Morgan fingerprint density at radius 1 is 0.897 bits per heavy atom. The molecule has 150 valence electrons. The van der Waals surface area contributed by atoms with Crippen molar-refractivity contribution < 1.29 is 4.74 Å². The Morgan fingerprint density at radius 2 is 1.55 bits per heavy atom. The van der Waals surface area contributed by atoms with Gasteiger partial charge < -0.3 is 20.3 Å². The molecule has 1 saturated heterocycles. The third-order valence-corrected chi connectivity index (χ3v) is 4.65. The molecule has 0 saturated carbocycles. The highest BCUT2D eigenvalue weighted by molar-refractivity contribution is 5.61. The second-order valence-corrected chi connectivity index (χ2v) is 7.35. The van der Waals surface area contributed by atoms with Crippen molar-refractivity contribution in [2.24, 2.45) is 0 Å². The van der Waals surface area contributed by atoms with Crippen LogP contribution in [0.2, 0.25) is 0 Å². The van der Waals surface area contributed by atoms with Gasteiger partial charge >= 0.3 is 0 Å². The van der Waals surface area contributed by atoms with Crippen molar-refractivity contribution in [3.05, 3.63) is 54.7 Å². The SMILES string of the molecule is CC(C)Oc1ccc(Nc2cnnc(Nc3ccc(N4CCCC4)cc3)n2)cc1. The molecule has 4 rings (SSSR count). The van der Waals surface area contributed by atoms with Gasteiger partial charge in [-0.15, -0.1) is 5.10 Å². The molecule has 0 spiro atoms. The quantitative estimate of drug-likeness (QED) is 0.603. The fourth-order valence-electron chi connectivity index (χ4n) is 3.31. The number of benzene rings is 2. The number of hydrogen-bond acceptors (Lipinski definition) is 7. The summed E-state index contributed by atoms with van der Waals surface area (Å²) in [5, 5.41) is 14.6. The molecule has 0 atom stereocenters. The molecule has 0 bridgehead atoms. The summed E-state index contributed by atoms with van der Waals surface area (Å²) in [4.78, 5) is 6.90. The highest BCUT2D eigenvalue weighted by Crippen LogP contribution is 2.24. The lowest BCUT2D eigenvalue weighted by atomic mass is 10.2. The molecule has 2 heterocycles. The predicted octanol–water partition coefficient (Wildman–Crippen LogP) is 4.75. The fraction of sp³-hybridized carbons (Fsp3) is 0.318. The van der Waals surface area contributed by atoms with Crippen molar-refractivity contribution in [1.29, 1.82) is 0 Å². The van der Waals surface area contributed by atoms with E-state index in [0.29, 0.717) is 11.8 Å². The number of anilines is 5. The van der Waals surface area contributed by atoms with Crippen molar-refractivity contribution in [1.82, 2.24) is 15.2 Å². The van der Waals surface area contributed by atoms with Crippen LogP contribution in [0.3, 0.4) is 0 Å². The number of ether oxygens (including phenoxy) is 1. The van der Waals surface area contributed by atoms with Crippen LogP contribution in [0.15, 0.2) is 54.7 Å². The molecule has 3 aromatic rings. The second kappa shape index (κ2) is 8.77. The van der Waals surface area contributed by atoms with Gasteiger partial charge in [0, 0.05) is 30.2 Å². The van der Waals surface area contributed by atoms with Crippen molar-refractivity contribution in [3.8, 4) is 5.75 Å². The van der Waals surface area contributed by atoms with E-state index in [1.54, 1.807) is 6.20 Å². The van der Waals surface area contributed by atoms with Gasteiger partial charge in [0.1, 0.15) is 5.75 Å². The Morgan fingerprint density at radius 3 is 2.24 bits per heavy atom. The smallest absolute Gasteiger partial charge is 0.249 e. The number of hydrogen-bond donors (Lipinski definition) is 2. The average molecular weight is 390 g/mol. The van der Waals surface area contributed by atoms with E-state index in [2.05, 4.69) is 42.8 Å². The summed E-state index contributed by atoms with van der Waals surface area (Å²) in [6, 6.07) is 16.1. The summed E-state index contributed by atoms with van der Waals surface area (Å²) in [5.74, 6) is 1.91. The lowest BCUT2D eigenvalue weighted by Crippen LogP contribution is -2.17. The van der Waals surface area contributed by atoms with E-state index in [-0.39, 0.29) is 6.10 Å². The Hall–Kier alpha value is -3.35. The van der Waals surface area contributed by atoms with Crippen LogP contribution in [-0.2, 0) is 0 Å². The van der Waals surface area contributed by atoms with Gasteiger partial charge in [-0.3, -0.25) is 0 Å². The van der Waals surface area contributed by atoms with Crippen LogP contribution in [0.5, 0.6) is 5.75 Å². The Balaban J connectivity index is 1.39. The molecule has 0 radical (unpaired) electrons. The molecule has 2 aromatic carbocycles. The predicted molar refractivity (Wildman–Crippen MR) is 116 cm³/mol. The summed E-state index contributed by atoms with van der Waals surface area (Å²) in [7, 11) is 0. The van der Waals surface area contributed by atoms with Crippen molar-refractivity contribution in [2.75, 3.05) is 28.6 Å². The van der Waals surface area contributed by atoms with Crippen LogP contribution in [-0.4, -0.2) is 34.4 Å². The monoisotopic (exact) mass is 390 g/mol. The Labute approximate surface area is 171 Å². The molecule has 7 nitrogen and oxygen atoms in total. The minimum Gasteiger partial charge on any atom is -0.491 e. The molecular formula is C22H26N6O. The minimum atomic E-state index is 0.151. The zero-order chi connectivity index (χ0) is 20.1. The largest absolute Gasteiger partial charge is 0.491 e. The van der Waals surface area contributed by atoms with Crippen molar-refractivity contribution in [3.63, 3.8) is 0 Å². The number of rotatable bonds is 7. The maximum absolute atomic E-state index is 5.67. The van der Waals surface area contributed by atoms with E-state index >= 15 is 0 Å². The first-order chi connectivity index (χ1) is 14.2. The van der Waals surface area contributed by atoms with Gasteiger partial charge in [-0.05, 0) is 75.2 Å². The van der Waals surface area contributed by atoms with Crippen LogP contribution in [0.25, 0.3) is 0 Å². The van der Waals surface area contributed by atoms with E-state index in [1.165, 1.54) is 18.5 Å². The lowest BCUT2D eigenvalue weighted by Gasteiger charge is -2.17. The summed E-state index contributed by atoms with van der Waals surface area (Å²) < 4.78 is 5.67. The molecule has 1 fully saturated rings. The van der Waals surface area contributed by atoms with Crippen molar-refractivity contribution >= 4 is 28.8 Å². The molecule has 0 amide bonds. The topological polar surface area (TPSA) is 75.2 Å². The average Bonchev–Trinajstić information content (AvgIpc) is 3.25. The van der Waals surface area contributed by atoms with Gasteiger partial charge in [0.2, 0.25) is 5.95 Å². The van der Waals surface area contributed by atoms with Gasteiger partial charge in [0.05, 0.1) is 12.3 Å². The van der Waals surface area contributed by atoms with E-state index in [4.69, 9.17) is 4.74 Å². The molecule has 1 aromatic heterocycles. The summed E-state index contributed by atoms with van der Waals surface area (Å²) >= 11 is 0. The number of nitrogens with zero attached hydrogens (tertiary/aromatic N) is 4. The lowest BCUT2D eigenvalue weighted by molar-refractivity contribution is 0.242. The zero-order valence-electron chi connectivity index (χ0n) is 16.8. The normalized spacial score (nSPS) is 13.6. The third kappa shape index (κ3) is 5.13. The van der Waals surface area contributed by atoms with Crippen LogP contribution < -0.4 is 20.3 Å². The van der Waals surface area contributed by atoms with E-state index in [0.717, 1.165) is 30.2 Å². The third-order valence-electron chi connectivity index (χ3n) is 4.65. The molecule has 0 aliphatic carbocycles. The highest BCUT2D eigenvalue weighted by Gasteiger charge is 2.12. The molecule has 2 N–H and O–H groups in total. The van der Waals surface area contributed by atoms with Crippen LogP contribution in [0.1, 0.15) is 26.7 Å². The zero-order valence-corrected chi connectivity index (χ0v) is 16.8. The highest BCUT2D eigenvalue weighted by atomic mass is 16.5. The molecule has 7 heteroatoms. The summed E-state index contributed by atoms with van der Waals surface area (Å²) in [5.41, 5.74) is 3.09. The second-order valence-electron chi connectivity index (χ2n) is 7.35. The van der Waals surface area contributed by atoms with Gasteiger partial charge in [-0.25, -0.2) is 0 Å². The first-order valence-electron chi connectivity index (χ1n) is 10.0. The summed E-state index contributed by atoms with van der Waals surface area (Å²) in [6.45, 7) is 6.29. The Kier molecular flexibility index (Phi) is 5.74. The maximum Gasteiger partial charge on any atom is 0.249 e.